The molecule has 1 aromatic heterocycles. The molecule has 0 aliphatic heterocycles. The Labute approximate surface area is 157 Å². The van der Waals surface area contributed by atoms with E-state index in [-0.39, 0.29) is 11.2 Å². The van der Waals surface area contributed by atoms with E-state index in [1.165, 1.54) is 6.07 Å². The maximum Gasteiger partial charge on any atom is 0.417 e. The highest BCUT2D eigenvalue weighted by Gasteiger charge is 2.33. The molecule has 1 unspecified atom stereocenters. The predicted molar refractivity (Wildman–Crippen MR) is 93.2 cm³/mol. The first-order valence-electron chi connectivity index (χ1n) is 7.52. The normalized spacial score (nSPS) is 13.5. The maximum absolute atomic E-state index is 12.9. The summed E-state index contributed by atoms with van der Waals surface area (Å²) in [7, 11) is 0. The Kier molecular flexibility index (Phi) is 5.86. The van der Waals surface area contributed by atoms with Gasteiger partial charge >= 0.3 is 6.18 Å². The molecule has 0 fully saturated rings. The van der Waals surface area contributed by atoms with Gasteiger partial charge in [-0.1, -0.05) is 23.4 Å². The van der Waals surface area contributed by atoms with Gasteiger partial charge in [0.05, 0.1) is 21.4 Å². The van der Waals surface area contributed by atoms with E-state index >= 15 is 0 Å². The molecule has 1 heterocycles. The Hall–Kier alpha value is -1.81. The molecule has 2 rings (SSSR count). The second-order valence-electron chi connectivity index (χ2n) is 6.49. The Morgan fingerprint density at radius 3 is 2.54 bits per heavy atom. The Morgan fingerprint density at radius 1 is 1.31 bits per heavy atom. The molecule has 6 nitrogen and oxygen atoms in total. The Bertz CT molecular complexity index is 803. The van der Waals surface area contributed by atoms with E-state index in [2.05, 4.69) is 20.8 Å². The van der Waals surface area contributed by atoms with Gasteiger partial charge in [-0.2, -0.15) is 13.2 Å². The van der Waals surface area contributed by atoms with Gasteiger partial charge in [0.15, 0.2) is 0 Å². The highest BCUT2D eigenvalue weighted by molar-refractivity contribution is 8.00. The fourth-order valence-corrected chi connectivity index (χ4v) is 3.15. The van der Waals surface area contributed by atoms with Crippen molar-refractivity contribution < 1.29 is 18.0 Å². The summed E-state index contributed by atoms with van der Waals surface area (Å²) < 4.78 is 40.3. The third-order valence-corrected chi connectivity index (χ3v) is 4.63. The average molecular weight is 408 g/mol. The summed E-state index contributed by atoms with van der Waals surface area (Å²) in [6.07, 6.45) is -4.60. The first kappa shape index (κ1) is 20.5. The van der Waals surface area contributed by atoms with Crippen LogP contribution in [-0.4, -0.2) is 31.4 Å². The summed E-state index contributed by atoms with van der Waals surface area (Å²) >= 11 is 6.68. The quantitative estimate of drug-likeness (QED) is 0.768. The number of carbonyl (C=O) groups is 1. The highest BCUT2D eigenvalue weighted by atomic mass is 35.5. The molecule has 1 amide bonds. The number of nitrogens with one attached hydrogen (secondary N) is 1. The summed E-state index contributed by atoms with van der Waals surface area (Å²) in [4.78, 5) is 12.3. The van der Waals surface area contributed by atoms with Crippen LogP contribution in [0.15, 0.2) is 23.4 Å². The van der Waals surface area contributed by atoms with Gasteiger partial charge in [-0.3, -0.25) is 4.79 Å². The van der Waals surface area contributed by atoms with E-state index in [4.69, 9.17) is 11.6 Å². The van der Waals surface area contributed by atoms with Gasteiger partial charge in [0, 0.05) is 5.69 Å². The van der Waals surface area contributed by atoms with Gasteiger partial charge in [0.2, 0.25) is 11.1 Å². The zero-order valence-electron chi connectivity index (χ0n) is 14.4. The molecule has 0 aliphatic rings. The number of aromatic nitrogens is 4. The number of alkyl halides is 3. The third-order valence-electron chi connectivity index (χ3n) is 3.27. The smallest absolute Gasteiger partial charge is 0.325 e. The minimum atomic E-state index is -4.60. The van der Waals surface area contributed by atoms with Crippen molar-refractivity contribution in [3.8, 4) is 0 Å². The van der Waals surface area contributed by atoms with E-state index in [1.54, 1.807) is 11.6 Å². The first-order chi connectivity index (χ1) is 11.9. The minimum absolute atomic E-state index is 0.00888. The maximum atomic E-state index is 12.9. The number of amides is 1. The SMILES string of the molecule is CC(Sc1nnnn1C(C)(C)C)C(=O)Nc1ccc(Cl)c(C(F)(F)F)c1. The van der Waals surface area contributed by atoms with Crippen molar-refractivity contribution in [2.24, 2.45) is 0 Å². The van der Waals surface area contributed by atoms with Crippen LogP contribution in [0.1, 0.15) is 33.3 Å². The first-order valence-corrected chi connectivity index (χ1v) is 8.78. The lowest BCUT2D eigenvalue weighted by Crippen LogP contribution is -2.27. The molecule has 2 aromatic rings. The number of anilines is 1. The summed E-state index contributed by atoms with van der Waals surface area (Å²) in [5.74, 6) is -0.478. The lowest BCUT2D eigenvalue weighted by atomic mass is 10.1. The molecule has 0 saturated carbocycles. The topological polar surface area (TPSA) is 72.7 Å². The van der Waals surface area contributed by atoms with Gasteiger partial charge in [0.1, 0.15) is 0 Å². The minimum Gasteiger partial charge on any atom is -0.325 e. The molecular formula is C15H17ClF3N5OS. The molecule has 0 saturated heterocycles. The summed E-state index contributed by atoms with van der Waals surface area (Å²) in [6, 6.07) is 3.21. The molecule has 142 valence electrons. The number of hydrogen-bond acceptors (Lipinski definition) is 5. The third kappa shape index (κ3) is 4.88. The standard InChI is InChI=1S/C15H17ClF3N5OS/c1-8(26-13-21-22-23-24(13)14(2,3)4)12(25)20-9-5-6-11(16)10(7-9)15(17,18)19/h5-8H,1-4H3,(H,20,25). The fraction of sp³-hybridized carbons (Fsp3) is 0.467. The summed E-state index contributed by atoms with van der Waals surface area (Å²) in [5, 5.41) is 13.2. The molecule has 1 aromatic carbocycles. The van der Waals surface area contributed by atoms with Gasteiger partial charge < -0.3 is 5.32 Å². The number of tetrazole rings is 1. The van der Waals surface area contributed by atoms with E-state index in [1.807, 2.05) is 20.8 Å². The average Bonchev–Trinajstić information content (AvgIpc) is 2.96. The fourth-order valence-electron chi connectivity index (χ4n) is 1.95. The molecule has 0 spiro atoms. The van der Waals surface area contributed by atoms with Gasteiger partial charge in [-0.15, -0.1) is 5.10 Å². The molecule has 0 bridgehead atoms. The van der Waals surface area contributed by atoms with Crippen molar-refractivity contribution in [3.63, 3.8) is 0 Å². The number of halogens is 4. The van der Waals surface area contributed by atoms with Crippen LogP contribution < -0.4 is 5.32 Å². The van der Waals surface area contributed by atoms with Crippen LogP contribution in [0.5, 0.6) is 0 Å². The van der Waals surface area contributed by atoms with Crippen LogP contribution in [0.2, 0.25) is 5.02 Å². The molecule has 0 aliphatic carbocycles. The number of nitrogens with zero attached hydrogens (tertiary/aromatic N) is 4. The highest BCUT2D eigenvalue weighted by Crippen LogP contribution is 2.36. The Balaban J connectivity index is 2.12. The molecule has 1 N–H and O–H groups in total. The van der Waals surface area contributed by atoms with Gasteiger partial charge in [0.25, 0.3) is 0 Å². The zero-order chi connectivity index (χ0) is 19.7. The van der Waals surface area contributed by atoms with Crippen LogP contribution in [0.4, 0.5) is 18.9 Å². The van der Waals surface area contributed by atoms with Crippen LogP contribution in [0, 0.1) is 0 Å². The molecule has 11 heteroatoms. The Morgan fingerprint density at radius 2 is 1.96 bits per heavy atom. The second kappa shape index (κ2) is 7.43. The number of thioether (sulfide) groups is 1. The van der Waals surface area contributed by atoms with Crippen molar-refractivity contribution in [2.45, 2.75) is 49.8 Å². The van der Waals surface area contributed by atoms with Crippen molar-refractivity contribution in [1.29, 1.82) is 0 Å². The lowest BCUT2D eigenvalue weighted by molar-refractivity contribution is -0.137. The van der Waals surface area contributed by atoms with Gasteiger partial charge in [-0.25, -0.2) is 4.68 Å². The van der Waals surface area contributed by atoms with Crippen LogP contribution in [0.25, 0.3) is 0 Å². The molecule has 1 atom stereocenters. The number of rotatable bonds is 4. The predicted octanol–water partition coefficient (Wildman–Crippen LogP) is 4.22. The number of carbonyl (C=O) groups excluding carboxylic acids is 1. The lowest BCUT2D eigenvalue weighted by Gasteiger charge is -2.20. The number of hydrogen-bond donors (Lipinski definition) is 1. The second-order valence-corrected chi connectivity index (χ2v) is 8.20. The summed E-state index contributed by atoms with van der Waals surface area (Å²) in [6.45, 7) is 7.34. The van der Waals surface area contributed by atoms with E-state index < -0.39 is 27.9 Å². The largest absolute Gasteiger partial charge is 0.417 e. The molecular weight excluding hydrogens is 391 g/mol. The van der Waals surface area contributed by atoms with Crippen LogP contribution in [0.3, 0.4) is 0 Å². The van der Waals surface area contributed by atoms with Gasteiger partial charge in [-0.05, 0) is 56.3 Å². The van der Waals surface area contributed by atoms with E-state index in [9.17, 15) is 18.0 Å². The summed E-state index contributed by atoms with van der Waals surface area (Å²) in [5.41, 5.74) is -1.37. The number of benzene rings is 1. The monoisotopic (exact) mass is 407 g/mol. The zero-order valence-corrected chi connectivity index (χ0v) is 16.0. The van der Waals surface area contributed by atoms with E-state index in [0.717, 1.165) is 23.9 Å². The van der Waals surface area contributed by atoms with Crippen molar-refractivity contribution in [2.75, 3.05) is 5.32 Å². The van der Waals surface area contributed by atoms with E-state index in [0.29, 0.717) is 5.16 Å². The molecule has 26 heavy (non-hydrogen) atoms. The van der Waals surface area contributed by atoms with Crippen molar-refractivity contribution in [1.82, 2.24) is 20.2 Å². The van der Waals surface area contributed by atoms with Crippen LogP contribution in [-0.2, 0) is 16.5 Å². The van der Waals surface area contributed by atoms with Crippen LogP contribution >= 0.6 is 23.4 Å². The molecule has 0 radical (unpaired) electrons. The van der Waals surface area contributed by atoms with Crippen molar-refractivity contribution >= 4 is 35.0 Å². The van der Waals surface area contributed by atoms with Crippen molar-refractivity contribution in [3.05, 3.63) is 28.8 Å².